The molecule has 2 N–H and O–H groups in total. The van der Waals surface area contributed by atoms with Crippen molar-refractivity contribution in [2.24, 2.45) is 0 Å². The van der Waals surface area contributed by atoms with E-state index in [1.54, 1.807) is 0 Å². The molecule has 0 saturated heterocycles. The van der Waals surface area contributed by atoms with Gasteiger partial charge in [0.15, 0.2) is 5.78 Å². The Labute approximate surface area is 80.5 Å². The molecule has 0 aliphatic rings. The molecular weight excluding hydrogens is 193 g/mol. The third-order valence-electron chi connectivity index (χ3n) is 1.87. The van der Waals surface area contributed by atoms with E-state index < -0.39 is 5.82 Å². The van der Waals surface area contributed by atoms with Gasteiger partial charge in [0.25, 0.3) is 0 Å². The van der Waals surface area contributed by atoms with Gasteiger partial charge < -0.3 is 5.73 Å². The minimum atomic E-state index is -0.413. The number of carbonyl (C=O) groups is 1. The first-order valence-electron chi connectivity index (χ1n) is 3.71. The van der Waals surface area contributed by atoms with Crippen molar-refractivity contribution < 1.29 is 9.18 Å². The molecule has 0 spiro atoms. The van der Waals surface area contributed by atoms with Crippen LogP contribution in [0.15, 0.2) is 12.1 Å². The van der Waals surface area contributed by atoms with Crippen LogP contribution in [0.3, 0.4) is 0 Å². The highest BCUT2D eigenvalue weighted by molar-refractivity contribution is 6.31. The Hall–Kier alpha value is -1.09. The van der Waals surface area contributed by atoms with Gasteiger partial charge in [0.2, 0.25) is 0 Å². The summed E-state index contributed by atoms with van der Waals surface area (Å²) in [5.74, 6) is -0.846. The van der Waals surface area contributed by atoms with Crippen LogP contribution in [0.4, 0.5) is 10.1 Å². The highest BCUT2D eigenvalue weighted by Gasteiger charge is 2.12. The van der Waals surface area contributed by atoms with Crippen LogP contribution in [0.5, 0.6) is 0 Å². The zero-order valence-corrected chi connectivity index (χ0v) is 7.86. The van der Waals surface area contributed by atoms with E-state index in [0.29, 0.717) is 0 Å². The summed E-state index contributed by atoms with van der Waals surface area (Å²) in [5.41, 5.74) is 6.29. The number of ketones is 1. The first-order chi connectivity index (χ1) is 6.07. The van der Waals surface area contributed by atoms with Crippen LogP contribution in [0.1, 0.15) is 15.9 Å². The molecule has 0 unspecified atom stereocenters. The number of rotatable bonds is 2. The van der Waals surface area contributed by atoms with Gasteiger partial charge in [0.1, 0.15) is 5.82 Å². The van der Waals surface area contributed by atoms with E-state index in [9.17, 15) is 9.18 Å². The topological polar surface area (TPSA) is 43.1 Å². The first-order valence-corrected chi connectivity index (χ1v) is 4.25. The second kappa shape index (κ2) is 3.75. The molecule has 70 valence electrons. The minimum absolute atomic E-state index is 0.144. The largest absolute Gasteiger partial charge is 0.398 e. The van der Waals surface area contributed by atoms with Gasteiger partial charge in [-0.3, -0.25) is 4.79 Å². The fourth-order valence-electron chi connectivity index (χ4n) is 1.02. The maximum atomic E-state index is 12.9. The lowest BCUT2D eigenvalue weighted by atomic mass is 10.1. The number of hydrogen-bond acceptors (Lipinski definition) is 2. The van der Waals surface area contributed by atoms with Crippen LogP contribution < -0.4 is 5.73 Å². The Morgan fingerprint density at radius 1 is 1.62 bits per heavy atom. The lowest BCUT2D eigenvalue weighted by Gasteiger charge is -2.06. The Kier molecular flexibility index (Phi) is 2.88. The van der Waals surface area contributed by atoms with E-state index in [-0.39, 0.29) is 28.5 Å². The smallest absolute Gasteiger partial charge is 0.179 e. The van der Waals surface area contributed by atoms with Crippen molar-refractivity contribution >= 4 is 23.1 Å². The van der Waals surface area contributed by atoms with Crippen molar-refractivity contribution in [3.8, 4) is 0 Å². The Bertz CT molecular complexity index is 352. The van der Waals surface area contributed by atoms with E-state index in [0.717, 1.165) is 0 Å². The fourth-order valence-corrected chi connectivity index (χ4v) is 1.16. The highest BCUT2D eigenvalue weighted by atomic mass is 35.5. The van der Waals surface area contributed by atoms with Crippen LogP contribution in [-0.2, 0) is 0 Å². The van der Waals surface area contributed by atoms with Crippen LogP contribution in [-0.4, -0.2) is 11.7 Å². The summed E-state index contributed by atoms with van der Waals surface area (Å²) in [7, 11) is 0. The molecule has 0 aliphatic carbocycles. The second-order valence-electron chi connectivity index (χ2n) is 2.69. The molecule has 1 aromatic carbocycles. The normalized spacial score (nSPS) is 10.1. The number of nitrogen functional groups attached to an aromatic ring is 1. The quantitative estimate of drug-likeness (QED) is 0.453. The Morgan fingerprint density at radius 2 is 2.23 bits per heavy atom. The molecule has 0 saturated carbocycles. The zero-order chi connectivity index (χ0) is 10.0. The molecule has 0 aromatic heterocycles. The van der Waals surface area contributed by atoms with Crippen molar-refractivity contribution in [1.29, 1.82) is 0 Å². The van der Waals surface area contributed by atoms with Crippen LogP contribution in [0, 0.1) is 12.7 Å². The van der Waals surface area contributed by atoms with E-state index in [1.807, 2.05) is 0 Å². The summed E-state index contributed by atoms with van der Waals surface area (Å²) in [6.45, 7) is 1.52. The molecule has 0 amide bonds. The van der Waals surface area contributed by atoms with Crippen molar-refractivity contribution in [3.63, 3.8) is 0 Å². The molecule has 0 bridgehead atoms. The molecule has 1 aromatic rings. The van der Waals surface area contributed by atoms with Crippen molar-refractivity contribution in [3.05, 3.63) is 29.1 Å². The summed E-state index contributed by atoms with van der Waals surface area (Å²) in [6.07, 6.45) is 0. The minimum Gasteiger partial charge on any atom is -0.398 e. The van der Waals surface area contributed by atoms with Crippen LogP contribution >= 0.6 is 11.6 Å². The zero-order valence-electron chi connectivity index (χ0n) is 7.10. The van der Waals surface area contributed by atoms with Crippen molar-refractivity contribution in [2.75, 3.05) is 11.6 Å². The van der Waals surface area contributed by atoms with E-state index >= 15 is 0 Å². The Morgan fingerprint density at radius 3 is 2.77 bits per heavy atom. The molecule has 0 atom stereocenters. The van der Waals surface area contributed by atoms with Gasteiger partial charge in [-0.15, -0.1) is 11.6 Å². The summed E-state index contributed by atoms with van der Waals surface area (Å²) in [4.78, 5) is 11.2. The molecule has 2 nitrogen and oxygen atoms in total. The van der Waals surface area contributed by atoms with Crippen molar-refractivity contribution in [2.45, 2.75) is 6.92 Å². The average Bonchev–Trinajstić information content (AvgIpc) is 2.13. The first kappa shape index (κ1) is 9.99. The summed E-state index contributed by atoms with van der Waals surface area (Å²) in [6, 6.07) is 2.56. The maximum absolute atomic E-state index is 12.9. The van der Waals surface area contributed by atoms with Gasteiger partial charge in [-0.2, -0.15) is 0 Å². The predicted molar refractivity (Wildman–Crippen MR) is 50.6 cm³/mol. The lowest BCUT2D eigenvalue weighted by molar-refractivity contribution is 0.102. The SMILES string of the molecule is Cc1c(F)ccc(C(=O)CCl)c1N. The van der Waals surface area contributed by atoms with Gasteiger partial charge in [-0.05, 0) is 19.1 Å². The maximum Gasteiger partial charge on any atom is 0.179 e. The van der Waals surface area contributed by atoms with Gasteiger partial charge in [0, 0.05) is 16.8 Å². The standard InChI is InChI=1S/C9H9ClFNO/c1-5-7(11)3-2-6(9(5)12)8(13)4-10/h2-3H,4,12H2,1H3. The molecular formula is C9H9ClFNO. The number of Topliss-reactive ketones (excluding diaryl/α,β-unsaturated/α-hetero) is 1. The van der Waals surface area contributed by atoms with Crippen molar-refractivity contribution in [1.82, 2.24) is 0 Å². The van der Waals surface area contributed by atoms with E-state index in [2.05, 4.69) is 0 Å². The summed E-state index contributed by atoms with van der Waals surface area (Å²) >= 11 is 5.35. The number of nitrogens with two attached hydrogens (primary N) is 1. The monoisotopic (exact) mass is 201 g/mol. The molecule has 0 fully saturated rings. The summed E-state index contributed by atoms with van der Waals surface area (Å²) in [5, 5.41) is 0. The number of benzene rings is 1. The van der Waals surface area contributed by atoms with Gasteiger partial charge >= 0.3 is 0 Å². The molecule has 0 heterocycles. The second-order valence-corrected chi connectivity index (χ2v) is 2.96. The number of alkyl halides is 1. The molecule has 0 radical (unpaired) electrons. The number of anilines is 1. The fraction of sp³-hybridized carbons (Fsp3) is 0.222. The third kappa shape index (κ3) is 1.80. The highest BCUT2D eigenvalue weighted by Crippen LogP contribution is 2.20. The molecule has 13 heavy (non-hydrogen) atoms. The molecule has 1 rings (SSSR count). The Balaban J connectivity index is 3.26. The lowest BCUT2D eigenvalue weighted by Crippen LogP contribution is -2.07. The third-order valence-corrected chi connectivity index (χ3v) is 2.11. The number of hydrogen-bond donors (Lipinski definition) is 1. The van der Waals surface area contributed by atoms with E-state index in [4.69, 9.17) is 17.3 Å². The summed E-state index contributed by atoms with van der Waals surface area (Å²) < 4.78 is 12.9. The molecule has 0 aliphatic heterocycles. The average molecular weight is 202 g/mol. The van der Waals surface area contributed by atoms with E-state index in [1.165, 1.54) is 19.1 Å². The van der Waals surface area contributed by atoms with Crippen LogP contribution in [0.2, 0.25) is 0 Å². The van der Waals surface area contributed by atoms with Gasteiger partial charge in [-0.1, -0.05) is 0 Å². The van der Waals surface area contributed by atoms with Gasteiger partial charge in [-0.25, -0.2) is 4.39 Å². The van der Waals surface area contributed by atoms with Crippen LogP contribution in [0.25, 0.3) is 0 Å². The predicted octanol–water partition coefficient (Wildman–Crippen LogP) is 2.14. The molecule has 4 heteroatoms. The number of carbonyl (C=O) groups excluding carboxylic acids is 1. The number of halogens is 2. The van der Waals surface area contributed by atoms with Gasteiger partial charge in [0.05, 0.1) is 5.88 Å².